The van der Waals surface area contributed by atoms with Crippen molar-refractivity contribution in [2.45, 2.75) is 39.5 Å². The maximum Gasteiger partial charge on any atom is 0.408 e. The van der Waals surface area contributed by atoms with Crippen molar-refractivity contribution < 1.29 is 17.9 Å². The number of ether oxygens (including phenoxy) is 1. The lowest BCUT2D eigenvalue weighted by molar-refractivity contribution is -0.142. The predicted octanol–water partition coefficient (Wildman–Crippen LogP) is 4.77. The number of halogens is 3. The molecule has 0 aliphatic carbocycles. The van der Waals surface area contributed by atoms with E-state index in [1.54, 1.807) is 0 Å². The zero-order valence-corrected chi connectivity index (χ0v) is 20.8. The van der Waals surface area contributed by atoms with Gasteiger partial charge in [-0.3, -0.25) is 4.68 Å². The standard InChI is InChI=1S/C24H26F3N7OS/c1-3-32(4-2)8-9-33-13-17(12-29-33)16-5-6-18-19(11-16)35-10-7-20-21(18)31-23(36-20)22-28-15-30-34(22)14-24(25,26)27/h5-6,11-13,15H,3-4,7-10,14H2,1-2H3. The summed E-state index contributed by atoms with van der Waals surface area (Å²) in [5.41, 5.74) is 3.49. The van der Waals surface area contributed by atoms with Gasteiger partial charge < -0.3 is 9.64 Å². The lowest BCUT2D eigenvalue weighted by Crippen LogP contribution is -2.27. The summed E-state index contributed by atoms with van der Waals surface area (Å²) < 4.78 is 47.7. The average molecular weight is 518 g/mol. The molecule has 1 aliphatic heterocycles. The van der Waals surface area contributed by atoms with Crippen LogP contribution in [0, 0.1) is 0 Å². The molecular formula is C24H26F3N7OS. The summed E-state index contributed by atoms with van der Waals surface area (Å²) in [6.07, 6.45) is 1.21. The molecule has 0 fully saturated rings. The number of likely N-dealkylation sites (N-methyl/N-ethyl adjacent to an activating group) is 1. The fourth-order valence-corrected chi connectivity index (χ4v) is 5.29. The number of fused-ring (bicyclic) bond motifs is 3. The fourth-order valence-electron chi connectivity index (χ4n) is 4.23. The van der Waals surface area contributed by atoms with Gasteiger partial charge in [0.25, 0.3) is 0 Å². The second-order valence-corrected chi connectivity index (χ2v) is 9.56. The van der Waals surface area contributed by atoms with Crippen LogP contribution < -0.4 is 4.74 Å². The van der Waals surface area contributed by atoms with Crippen molar-refractivity contribution in [1.29, 1.82) is 0 Å². The van der Waals surface area contributed by atoms with Gasteiger partial charge in [-0.15, -0.1) is 11.3 Å². The number of hydrogen-bond acceptors (Lipinski definition) is 7. The Kier molecular flexibility index (Phi) is 6.80. The number of alkyl halides is 3. The molecule has 0 N–H and O–H groups in total. The smallest absolute Gasteiger partial charge is 0.408 e. The molecule has 1 aromatic carbocycles. The quantitative estimate of drug-likeness (QED) is 0.335. The first-order valence-corrected chi connectivity index (χ1v) is 12.6. The monoisotopic (exact) mass is 517 g/mol. The first-order valence-electron chi connectivity index (χ1n) is 11.8. The minimum atomic E-state index is -4.40. The number of nitrogens with zero attached hydrogens (tertiary/aromatic N) is 7. The van der Waals surface area contributed by atoms with Gasteiger partial charge >= 0.3 is 6.18 Å². The van der Waals surface area contributed by atoms with E-state index in [1.807, 2.05) is 35.3 Å². The Morgan fingerprint density at radius 1 is 1.14 bits per heavy atom. The highest BCUT2D eigenvalue weighted by atomic mass is 32.1. The van der Waals surface area contributed by atoms with Crippen LogP contribution in [-0.2, 0) is 19.5 Å². The van der Waals surface area contributed by atoms with E-state index in [0.29, 0.717) is 29.5 Å². The normalized spacial score (nSPS) is 13.4. The third-order valence-electron chi connectivity index (χ3n) is 6.16. The van der Waals surface area contributed by atoms with Crippen LogP contribution in [0.5, 0.6) is 5.75 Å². The van der Waals surface area contributed by atoms with E-state index < -0.39 is 12.7 Å². The van der Waals surface area contributed by atoms with Crippen molar-refractivity contribution in [3.63, 3.8) is 0 Å². The first-order chi connectivity index (χ1) is 17.3. The van der Waals surface area contributed by atoms with Gasteiger partial charge in [0.15, 0.2) is 10.8 Å². The Balaban J connectivity index is 1.41. The van der Waals surface area contributed by atoms with Crippen LogP contribution in [0.15, 0.2) is 36.9 Å². The Labute approximate surface area is 210 Å². The van der Waals surface area contributed by atoms with E-state index in [1.165, 1.54) is 11.3 Å². The van der Waals surface area contributed by atoms with Gasteiger partial charge in [0, 0.05) is 35.2 Å². The topological polar surface area (TPSA) is 73.9 Å². The summed E-state index contributed by atoms with van der Waals surface area (Å²) in [5, 5.41) is 8.66. The van der Waals surface area contributed by atoms with E-state index in [4.69, 9.17) is 4.74 Å². The summed E-state index contributed by atoms with van der Waals surface area (Å²) in [4.78, 5) is 12.0. The first kappa shape index (κ1) is 24.4. The van der Waals surface area contributed by atoms with Crippen LogP contribution in [0.4, 0.5) is 13.2 Å². The minimum absolute atomic E-state index is 0.113. The Morgan fingerprint density at radius 3 is 2.75 bits per heavy atom. The van der Waals surface area contributed by atoms with Crippen LogP contribution in [0.3, 0.4) is 0 Å². The lowest BCUT2D eigenvalue weighted by Gasteiger charge is -2.17. The Bertz CT molecular complexity index is 1340. The lowest BCUT2D eigenvalue weighted by atomic mass is 10.0. The van der Waals surface area contributed by atoms with Crippen molar-refractivity contribution in [3.8, 4) is 39.0 Å². The number of thiazole rings is 1. The molecule has 0 saturated heterocycles. The average Bonchev–Trinajstić information content (AvgIpc) is 3.57. The number of hydrogen-bond donors (Lipinski definition) is 0. The summed E-state index contributed by atoms with van der Waals surface area (Å²) in [6.45, 7) is 7.30. The summed E-state index contributed by atoms with van der Waals surface area (Å²) in [5.74, 6) is 0.803. The molecule has 5 rings (SSSR count). The molecule has 8 nitrogen and oxygen atoms in total. The third kappa shape index (κ3) is 5.14. The van der Waals surface area contributed by atoms with Crippen molar-refractivity contribution in [2.75, 3.05) is 26.2 Å². The van der Waals surface area contributed by atoms with Gasteiger partial charge in [0.1, 0.15) is 18.6 Å². The zero-order valence-electron chi connectivity index (χ0n) is 20.0. The van der Waals surface area contributed by atoms with E-state index in [2.05, 4.69) is 38.9 Å². The zero-order chi connectivity index (χ0) is 25.3. The molecule has 4 heterocycles. The molecule has 36 heavy (non-hydrogen) atoms. The highest BCUT2D eigenvalue weighted by Gasteiger charge is 2.31. The maximum absolute atomic E-state index is 13.0. The minimum Gasteiger partial charge on any atom is -0.492 e. The van der Waals surface area contributed by atoms with Crippen LogP contribution in [0.25, 0.3) is 33.2 Å². The second-order valence-electron chi connectivity index (χ2n) is 8.48. The van der Waals surface area contributed by atoms with Crippen molar-refractivity contribution in [2.24, 2.45) is 0 Å². The third-order valence-corrected chi connectivity index (χ3v) is 7.27. The number of aromatic nitrogens is 6. The molecule has 0 radical (unpaired) electrons. The summed E-state index contributed by atoms with van der Waals surface area (Å²) in [6, 6.07) is 5.92. The number of rotatable bonds is 8. The Morgan fingerprint density at radius 2 is 1.97 bits per heavy atom. The van der Waals surface area contributed by atoms with E-state index in [-0.39, 0.29) is 5.82 Å². The predicted molar refractivity (Wildman–Crippen MR) is 131 cm³/mol. The molecular weight excluding hydrogens is 491 g/mol. The molecule has 0 atom stereocenters. The molecule has 3 aromatic heterocycles. The molecule has 0 unspecified atom stereocenters. The number of benzene rings is 1. The second kappa shape index (κ2) is 10.0. The van der Waals surface area contributed by atoms with Gasteiger partial charge in [-0.1, -0.05) is 19.9 Å². The molecule has 0 saturated carbocycles. The van der Waals surface area contributed by atoms with E-state index in [0.717, 1.165) is 58.8 Å². The van der Waals surface area contributed by atoms with Gasteiger partial charge in [0.2, 0.25) is 0 Å². The van der Waals surface area contributed by atoms with Gasteiger partial charge in [-0.05, 0) is 30.8 Å². The van der Waals surface area contributed by atoms with Crippen LogP contribution in [0.1, 0.15) is 18.7 Å². The SMILES string of the molecule is CCN(CC)CCn1cc(-c2ccc3c(c2)OCCc2sc(-c4ncnn4CC(F)(F)F)nc2-3)cn1. The van der Waals surface area contributed by atoms with Crippen molar-refractivity contribution >= 4 is 11.3 Å². The van der Waals surface area contributed by atoms with E-state index in [9.17, 15) is 13.2 Å². The van der Waals surface area contributed by atoms with Crippen molar-refractivity contribution in [3.05, 3.63) is 41.8 Å². The largest absolute Gasteiger partial charge is 0.492 e. The van der Waals surface area contributed by atoms with Crippen molar-refractivity contribution in [1.82, 2.24) is 34.4 Å². The summed E-state index contributed by atoms with van der Waals surface area (Å²) in [7, 11) is 0. The highest BCUT2D eigenvalue weighted by molar-refractivity contribution is 7.15. The summed E-state index contributed by atoms with van der Waals surface area (Å²) >= 11 is 1.33. The Hall–Kier alpha value is -3.25. The van der Waals surface area contributed by atoms with Crippen LogP contribution in [-0.4, -0.2) is 66.8 Å². The fraction of sp³-hybridized carbons (Fsp3) is 0.417. The van der Waals surface area contributed by atoms with E-state index >= 15 is 0 Å². The van der Waals surface area contributed by atoms with Gasteiger partial charge in [-0.25, -0.2) is 14.6 Å². The maximum atomic E-state index is 13.0. The highest BCUT2D eigenvalue weighted by Crippen LogP contribution is 2.41. The van der Waals surface area contributed by atoms with Crippen LogP contribution >= 0.6 is 11.3 Å². The molecule has 4 aromatic rings. The molecule has 0 spiro atoms. The van der Waals surface area contributed by atoms with Gasteiger partial charge in [0.05, 0.1) is 25.0 Å². The molecule has 0 bridgehead atoms. The van der Waals surface area contributed by atoms with Crippen LogP contribution in [0.2, 0.25) is 0 Å². The molecule has 0 amide bonds. The molecule has 1 aliphatic rings. The molecule has 190 valence electrons. The van der Waals surface area contributed by atoms with Gasteiger partial charge in [-0.2, -0.15) is 23.4 Å². The molecule has 12 heteroatoms.